The van der Waals surface area contributed by atoms with E-state index in [-0.39, 0.29) is 11.8 Å². The van der Waals surface area contributed by atoms with Gasteiger partial charge in [0, 0.05) is 42.9 Å². The summed E-state index contributed by atoms with van der Waals surface area (Å²) in [6, 6.07) is 11.8. The third kappa shape index (κ3) is 3.82. The van der Waals surface area contributed by atoms with E-state index in [1.165, 1.54) is 12.1 Å². The molecule has 0 radical (unpaired) electrons. The summed E-state index contributed by atoms with van der Waals surface area (Å²) in [4.78, 5) is 29.6. The number of carbonyl (C=O) groups is 2. The minimum absolute atomic E-state index is 0.0415. The zero-order valence-corrected chi connectivity index (χ0v) is 18.9. The molecular weight excluding hydrogens is 421 g/mol. The van der Waals surface area contributed by atoms with E-state index >= 15 is 0 Å². The SMILES string of the molecule is CN1CCN(C(=O)c2ccc(C3=CC(=C4C(=O)Nc5cc(F)ccc54)OC3(C)C)cc2)CC1. The van der Waals surface area contributed by atoms with E-state index < -0.39 is 11.4 Å². The van der Waals surface area contributed by atoms with Gasteiger partial charge in [-0.3, -0.25) is 9.59 Å². The summed E-state index contributed by atoms with van der Waals surface area (Å²) >= 11 is 0. The first kappa shape index (κ1) is 21.4. The molecule has 0 atom stereocenters. The van der Waals surface area contributed by atoms with Gasteiger partial charge in [0.15, 0.2) is 0 Å². The Balaban J connectivity index is 1.45. The number of nitrogens with one attached hydrogen (secondary N) is 1. The maximum Gasteiger partial charge on any atom is 0.260 e. The summed E-state index contributed by atoms with van der Waals surface area (Å²) < 4.78 is 19.8. The number of hydrogen-bond acceptors (Lipinski definition) is 4. The number of halogens is 1. The monoisotopic (exact) mass is 447 g/mol. The zero-order chi connectivity index (χ0) is 23.3. The molecule has 3 heterocycles. The van der Waals surface area contributed by atoms with Crippen molar-refractivity contribution in [2.75, 3.05) is 38.5 Å². The molecule has 1 saturated heterocycles. The smallest absolute Gasteiger partial charge is 0.260 e. The highest BCUT2D eigenvalue weighted by atomic mass is 19.1. The highest BCUT2D eigenvalue weighted by Gasteiger charge is 2.38. The van der Waals surface area contributed by atoms with Crippen molar-refractivity contribution in [2.45, 2.75) is 19.4 Å². The van der Waals surface area contributed by atoms with E-state index in [0.29, 0.717) is 28.1 Å². The normalized spacial score (nSPS) is 22.0. The Morgan fingerprint density at radius 2 is 1.76 bits per heavy atom. The van der Waals surface area contributed by atoms with Crippen LogP contribution in [-0.4, -0.2) is 60.4 Å². The van der Waals surface area contributed by atoms with Crippen LogP contribution in [-0.2, 0) is 9.53 Å². The number of likely N-dealkylation sites (N-methyl/N-ethyl adjacent to an activating group) is 1. The van der Waals surface area contributed by atoms with Crippen molar-refractivity contribution in [1.82, 2.24) is 9.80 Å². The van der Waals surface area contributed by atoms with E-state index in [2.05, 4.69) is 17.3 Å². The topological polar surface area (TPSA) is 61.9 Å². The number of allylic oxidation sites excluding steroid dienone is 1. The number of benzene rings is 2. The molecule has 1 N–H and O–H groups in total. The number of ether oxygens (including phenoxy) is 1. The summed E-state index contributed by atoms with van der Waals surface area (Å²) in [5.41, 5.74) is 3.28. The Hall–Kier alpha value is -3.45. The number of amides is 2. The van der Waals surface area contributed by atoms with Gasteiger partial charge in [0.05, 0.1) is 11.3 Å². The van der Waals surface area contributed by atoms with Gasteiger partial charge in [0.1, 0.15) is 17.2 Å². The lowest BCUT2D eigenvalue weighted by Gasteiger charge is -2.32. The third-order valence-electron chi connectivity index (χ3n) is 6.50. The molecule has 0 bridgehead atoms. The molecule has 2 aromatic rings. The molecular formula is C26H26FN3O3. The van der Waals surface area contributed by atoms with E-state index in [1.54, 1.807) is 6.07 Å². The zero-order valence-electron chi connectivity index (χ0n) is 18.9. The van der Waals surface area contributed by atoms with Gasteiger partial charge < -0.3 is 19.9 Å². The summed E-state index contributed by atoms with van der Waals surface area (Å²) in [6.07, 6.45) is 1.87. The standard InChI is InChI=1S/C26H26FN3O3/c1-26(2)20(15-22(33-26)23-19-9-8-18(27)14-21(19)28-24(23)31)16-4-6-17(7-5-16)25(32)30-12-10-29(3)11-13-30/h4-9,14-15H,10-13H2,1-3H3,(H,28,31). The molecule has 1 fully saturated rings. The lowest BCUT2D eigenvalue weighted by Crippen LogP contribution is -2.47. The fraction of sp³-hybridized carbons (Fsp3) is 0.308. The number of carbonyl (C=O) groups excluding carboxylic acids is 2. The average molecular weight is 448 g/mol. The van der Waals surface area contributed by atoms with Gasteiger partial charge in [-0.05, 0) is 62.9 Å². The number of hydrogen-bond donors (Lipinski definition) is 1. The van der Waals surface area contributed by atoms with Crippen LogP contribution < -0.4 is 5.32 Å². The van der Waals surface area contributed by atoms with Gasteiger partial charge in [-0.15, -0.1) is 0 Å². The van der Waals surface area contributed by atoms with Gasteiger partial charge in [-0.25, -0.2) is 4.39 Å². The van der Waals surface area contributed by atoms with Crippen molar-refractivity contribution in [1.29, 1.82) is 0 Å². The minimum atomic E-state index is -0.672. The number of anilines is 1. The molecule has 0 unspecified atom stereocenters. The van der Waals surface area contributed by atoms with Crippen LogP contribution in [0.2, 0.25) is 0 Å². The Morgan fingerprint density at radius 3 is 2.45 bits per heavy atom. The number of nitrogens with zero attached hydrogens (tertiary/aromatic N) is 2. The van der Waals surface area contributed by atoms with Gasteiger partial charge in [0.2, 0.25) is 0 Å². The summed E-state index contributed by atoms with van der Waals surface area (Å²) in [7, 11) is 2.06. The second-order valence-corrected chi connectivity index (χ2v) is 9.23. The molecule has 3 aliphatic heterocycles. The summed E-state index contributed by atoms with van der Waals surface area (Å²) in [5.74, 6) is -0.224. The Kier molecular flexibility index (Phi) is 5.09. The molecule has 0 saturated carbocycles. The molecule has 5 rings (SSSR count). The summed E-state index contributed by atoms with van der Waals surface area (Å²) in [6.45, 7) is 7.09. The van der Waals surface area contributed by atoms with E-state index in [4.69, 9.17) is 4.74 Å². The highest BCUT2D eigenvalue weighted by molar-refractivity contribution is 6.32. The second-order valence-electron chi connectivity index (χ2n) is 9.23. The highest BCUT2D eigenvalue weighted by Crippen LogP contribution is 2.44. The van der Waals surface area contributed by atoms with Crippen LogP contribution in [0.15, 0.2) is 54.3 Å². The van der Waals surface area contributed by atoms with Crippen LogP contribution in [0.25, 0.3) is 11.1 Å². The molecule has 6 nitrogen and oxygen atoms in total. The van der Waals surface area contributed by atoms with E-state index in [1.807, 2.05) is 49.1 Å². The van der Waals surface area contributed by atoms with Crippen molar-refractivity contribution in [3.63, 3.8) is 0 Å². The van der Waals surface area contributed by atoms with Crippen LogP contribution in [0.1, 0.15) is 35.3 Å². The second kappa shape index (κ2) is 7.85. The van der Waals surface area contributed by atoms with Crippen LogP contribution in [0.5, 0.6) is 0 Å². The summed E-state index contributed by atoms with van der Waals surface area (Å²) in [5, 5.41) is 2.71. The van der Waals surface area contributed by atoms with E-state index in [9.17, 15) is 14.0 Å². The fourth-order valence-corrected chi connectivity index (χ4v) is 4.59. The Morgan fingerprint density at radius 1 is 1.06 bits per heavy atom. The van der Waals surface area contributed by atoms with Crippen molar-refractivity contribution >= 4 is 28.6 Å². The van der Waals surface area contributed by atoms with Crippen molar-refractivity contribution in [2.24, 2.45) is 0 Å². The van der Waals surface area contributed by atoms with Crippen LogP contribution >= 0.6 is 0 Å². The van der Waals surface area contributed by atoms with E-state index in [0.717, 1.165) is 37.3 Å². The van der Waals surface area contributed by atoms with Gasteiger partial charge in [-0.2, -0.15) is 0 Å². The maximum atomic E-state index is 13.6. The van der Waals surface area contributed by atoms with Crippen LogP contribution in [0.4, 0.5) is 10.1 Å². The first-order chi connectivity index (χ1) is 15.7. The predicted molar refractivity (Wildman–Crippen MR) is 125 cm³/mol. The Bertz CT molecular complexity index is 1210. The first-order valence-electron chi connectivity index (χ1n) is 11.1. The van der Waals surface area contributed by atoms with Crippen molar-refractivity contribution in [3.05, 3.63) is 76.8 Å². The molecule has 33 heavy (non-hydrogen) atoms. The first-order valence-corrected chi connectivity index (χ1v) is 11.1. The van der Waals surface area contributed by atoms with Crippen LogP contribution in [0, 0.1) is 5.82 Å². The predicted octanol–water partition coefficient (Wildman–Crippen LogP) is 3.77. The fourth-order valence-electron chi connectivity index (χ4n) is 4.59. The molecule has 2 aromatic carbocycles. The molecule has 0 aromatic heterocycles. The molecule has 0 spiro atoms. The molecule has 2 amide bonds. The minimum Gasteiger partial charge on any atom is -0.482 e. The molecule has 7 heteroatoms. The number of rotatable bonds is 2. The average Bonchev–Trinajstić information content (AvgIpc) is 3.27. The number of fused-ring (bicyclic) bond motifs is 1. The number of piperazine rings is 1. The lowest BCUT2D eigenvalue weighted by molar-refractivity contribution is -0.111. The van der Waals surface area contributed by atoms with Gasteiger partial charge >= 0.3 is 0 Å². The van der Waals surface area contributed by atoms with Crippen LogP contribution in [0.3, 0.4) is 0 Å². The maximum absolute atomic E-state index is 13.6. The largest absolute Gasteiger partial charge is 0.482 e. The lowest BCUT2D eigenvalue weighted by atomic mass is 9.91. The van der Waals surface area contributed by atoms with Gasteiger partial charge in [0.25, 0.3) is 11.8 Å². The quantitative estimate of drug-likeness (QED) is 0.712. The van der Waals surface area contributed by atoms with Crippen molar-refractivity contribution < 1.29 is 18.7 Å². The Labute approximate surface area is 192 Å². The van der Waals surface area contributed by atoms with Crippen molar-refractivity contribution in [3.8, 4) is 0 Å². The third-order valence-corrected chi connectivity index (χ3v) is 6.50. The molecule has 0 aliphatic carbocycles. The molecule has 170 valence electrons. The van der Waals surface area contributed by atoms with Gasteiger partial charge in [-0.1, -0.05) is 12.1 Å². The molecule has 3 aliphatic rings.